The van der Waals surface area contributed by atoms with Crippen molar-refractivity contribution < 1.29 is 63.1 Å². The Morgan fingerprint density at radius 2 is 1.36 bits per heavy atom. The SMILES string of the molecule is O=C(N[C@@H](Cc1cn[nH]n1)C(=O)Nc1ccc(C(=O)Nc2ccc(C(=O)Nc3ccc(C(=O)O)c(O)c3CO)c(O)c2CO)nc1)c1ccc(NC(=O)c2cc(=O)c3cc(F)ccc3o2)cc1. The van der Waals surface area contributed by atoms with Gasteiger partial charge in [0.05, 0.1) is 59.3 Å². The molecule has 0 spiro atoms. The van der Waals surface area contributed by atoms with Crippen molar-refractivity contribution in [2.24, 2.45) is 0 Å². The molecule has 0 bridgehead atoms. The second kappa shape index (κ2) is 19.6. The van der Waals surface area contributed by atoms with Gasteiger partial charge in [0.25, 0.3) is 23.6 Å². The summed E-state index contributed by atoms with van der Waals surface area (Å²) >= 11 is 0. The number of nitrogens with zero attached hydrogens (tertiary/aromatic N) is 3. The number of aliphatic hydroxyl groups is 2. The molecule has 1 atom stereocenters. The molecule has 23 heteroatoms. The molecule has 11 N–H and O–H groups in total. The number of H-pyrrole nitrogens is 1. The Morgan fingerprint density at radius 3 is 1.99 bits per heavy atom. The van der Waals surface area contributed by atoms with Gasteiger partial charge in [-0.2, -0.15) is 15.4 Å². The average Bonchev–Trinajstić information content (AvgIpc) is 3.82. The van der Waals surface area contributed by atoms with E-state index in [9.17, 15) is 63.5 Å². The van der Waals surface area contributed by atoms with Gasteiger partial charge < -0.3 is 56.5 Å². The molecule has 0 aliphatic heterocycles. The number of amides is 5. The van der Waals surface area contributed by atoms with E-state index in [0.29, 0.717) is 5.69 Å². The molecule has 3 heterocycles. The number of halogens is 1. The number of aromatic carboxylic acids is 1. The lowest BCUT2D eigenvalue weighted by molar-refractivity contribution is -0.118. The smallest absolute Gasteiger partial charge is 0.339 e. The van der Waals surface area contributed by atoms with Crippen molar-refractivity contribution >= 4 is 69.2 Å². The van der Waals surface area contributed by atoms with E-state index in [2.05, 4.69) is 47.0 Å². The summed E-state index contributed by atoms with van der Waals surface area (Å²) in [6.07, 6.45) is 2.38. The van der Waals surface area contributed by atoms with Gasteiger partial charge >= 0.3 is 5.97 Å². The summed E-state index contributed by atoms with van der Waals surface area (Å²) in [6, 6.07) is 15.6. The number of anilines is 4. The van der Waals surface area contributed by atoms with Gasteiger partial charge in [-0.15, -0.1) is 0 Å². The van der Waals surface area contributed by atoms with Gasteiger partial charge in [0.1, 0.15) is 40.2 Å². The molecule has 340 valence electrons. The zero-order chi connectivity index (χ0) is 47.9. The second-order valence-electron chi connectivity index (χ2n) is 14.3. The fourth-order valence-corrected chi connectivity index (χ4v) is 6.51. The van der Waals surface area contributed by atoms with Crippen LogP contribution in [0.15, 0.2) is 107 Å². The highest BCUT2D eigenvalue weighted by atomic mass is 19.1. The van der Waals surface area contributed by atoms with Crippen LogP contribution in [0.2, 0.25) is 0 Å². The van der Waals surface area contributed by atoms with Crippen LogP contribution in [0.1, 0.15) is 68.9 Å². The van der Waals surface area contributed by atoms with E-state index < -0.39 is 83.1 Å². The van der Waals surface area contributed by atoms with Crippen molar-refractivity contribution in [1.29, 1.82) is 0 Å². The number of hydrogen-bond acceptors (Lipinski definition) is 15. The van der Waals surface area contributed by atoms with E-state index >= 15 is 0 Å². The number of carbonyl (C=O) groups is 6. The van der Waals surface area contributed by atoms with Crippen molar-refractivity contribution in [3.63, 3.8) is 0 Å². The molecule has 22 nitrogen and oxygen atoms in total. The first-order valence-corrected chi connectivity index (χ1v) is 19.5. The van der Waals surface area contributed by atoms with Crippen LogP contribution in [0.25, 0.3) is 11.0 Å². The van der Waals surface area contributed by atoms with E-state index in [0.717, 1.165) is 42.6 Å². The lowest BCUT2D eigenvalue weighted by Crippen LogP contribution is -2.45. The third kappa shape index (κ3) is 10.2. The maximum atomic E-state index is 13.6. The molecule has 7 rings (SSSR count). The number of carbonyl (C=O) groups excluding carboxylic acids is 5. The van der Waals surface area contributed by atoms with E-state index in [1.807, 2.05) is 0 Å². The van der Waals surface area contributed by atoms with E-state index in [4.69, 9.17) is 4.42 Å². The second-order valence-corrected chi connectivity index (χ2v) is 14.3. The van der Waals surface area contributed by atoms with Crippen LogP contribution in [0.5, 0.6) is 11.5 Å². The summed E-state index contributed by atoms with van der Waals surface area (Å²) in [5.41, 5.74) is -1.82. The van der Waals surface area contributed by atoms with Gasteiger partial charge in [0, 0.05) is 34.9 Å². The van der Waals surface area contributed by atoms with E-state index in [1.165, 1.54) is 54.7 Å². The normalized spacial score (nSPS) is 11.3. The lowest BCUT2D eigenvalue weighted by Gasteiger charge is -2.18. The molecule has 7 aromatic rings. The number of fused-ring (bicyclic) bond motifs is 1. The standard InChI is InChI=1S/C44H34FN9O13/c45-21-3-12-35-27(13-21)34(57)15-36(67-35)43(64)48-22-4-1-20(2-5-22)39(60)52-33(14-24-17-47-54-53-24)42(63)49-23-6-9-32(46-16-23)41(62)51-31-10-7-25(37(58)28(31)18-55)40(61)50-30-11-8-26(44(65)66)38(59)29(30)19-56/h1-13,15-17,33,55-56,58-59H,14,18-19H2,(H,48,64)(H,49,63)(H,50,61)(H,51,62)(H,52,60)(H,65,66)(H,47,53,54)/t33-/m0/s1. The van der Waals surface area contributed by atoms with Crippen molar-refractivity contribution in [1.82, 2.24) is 25.7 Å². The highest BCUT2D eigenvalue weighted by Crippen LogP contribution is 2.34. The molecule has 0 saturated heterocycles. The van der Waals surface area contributed by atoms with Crippen LogP contribution in [-0.4, -0.2) is 87.5 Å². The first-order valence-electron chi connectivity index (χ1n) is 19.5. The van der Waals surface area contributed by atoms with Gasteiger partial charge in [-0.3, -0.25) is 28.8 Å². The Labute approximate surface area is 374 Å². The summed E-state index contributed by atoms with van der Waals surface area (Å²) in [6.45, 7) is -1.70. The van der Waals surface area contributed by atoms with Crippen LogP contribution in [0.3, 0.4) is 0 Å². The number of phenols is 2. The molecule has 67 heavy (non-hydrogen) atoms. The highest BCUT2D eigenvalue weighted by molar-refractivity contribution is 6.09. The molecule has 0 aliphatic rings. The number of hydrogen-bond donors (Lipinski definition) is 11. The topological polar surface area (TPSA) is 348 Å². The maximum absolute atomic E-state index is 13.6. The predicted molar refractivity (Wildman–Crippen MR) is 232 cm³/mol. The molecule has 0 saturated carbocycles. The lowest BCUT2D eigenvalue weighted by atomic mass is 10.0. The highest BCUT2D eigenvalue weighted by Gasteiger charge is 2.26. The minimum Gasteiger partial charge on any atom is -0.507 e. The van der Waals surface area contributed by atoms with Gasteiger partial charge in [-0.25, -0.2) is 14.2 Å². The number of rotatable bonds is 15. The summed E-state index contributed by atoms with van der Waals surface area (Å²) in [7, 11) is 0. The number of pyridine rings is 1. The number of aromatic hydroxyl groups is 2. The first-order chi connectivity index (χ1) is 32.1. The molecule has 0 radical (unpaired) electrons. The Balaban J connectivity index is 0.983. The van der Waals surface area contributed by atoms with Crippen molar-refractivity contribution in [3.8, 4) is 11.5 Å². The predicted octanol–water partition coefficient (Wildman–Crippen LogP) is 3.28. The van der Waals surface area contributed by atoms with Crippen LogP contribution in [0, 0.1) is 5.82 Å². The molecule has 4 aromatic carbocycles. The number of carboxylic acid groups (broad SMARTS) is 1. The van der Waals surface area contributed by atoms with Crippen molar-refractivity contribution in [2.45, 2.75) is 25.7 Å². The van der Waals surface area contributed by atoms with Crippen molar-refractivity contribution in [3.05, 3.63) is 158 Å². The van der Waals surface area contributed by atoms with Crippen molar-refractivity contribution in [2.75, 3.05) is 21.3 Å². The minimum atomic E-state index is -1.48. The molecule has 5 amide bonds. The number of nitrogens with one attached hydrogen (secondary N) is 6. The minimum absolute atomic E-state index is 0.00909. The Kier molecular flexibility index (Phi) is 13.3. The molecular weight excluding hydrogens is 882 g/mol. The maximum Gasteiger partial charge on any atom is 0.339 e. The van der Waals surface area contributed by atoms with E-state index in [1.54, 1.807) is 0 Å². The Morgan fingerprint density at radius 1 is 0.701 bits per heavy atom. The van der Waals surface area contributed by atoms with Crippen LogP contribution < -0.4 is 32.0 Å². The van der Waals surface area contributed by atoms with Gasteiger partial charge in [0.15, 0.2) is 11.2 Å². The summed E-state index contributed by atoms with van der Waals surface area (Å²) in [4.78, 5) is 94.0. The van der Waals surface area contributed by atoms with Crippen LogP contribution in [0.4, 0.5) is 27.1 Å². The van der Waals surface area contributed by atoms with Crippen LogP contribution in [-0.2, 0) is 24.4 Å². The third-order valence-corrected chi connectivity index (χ3v) is 9.93. The number of aliphatic hydroxyl groups excluding tert-OH is 2. The zero-order valence-electron chi connectivity index (χ0n) is 34.2. The molecule has 3 aromatic heterocycles. The average molecular weight is 916 g/mol. The van der Waals surface area contributed by atoms with Gasteiger partial charge in [-0.05, 0) is 78.9 Å². The Hall–Kier alpha value is -9.35. The molecular formula is C44H34FN9O13. The molecule has 0 unspecified atom stereocenters. The fraction of sp³-hybridized carbons (Fsp3) is 0.0909. The summed E-state index contributed by atoms with van der Waals surface area (Å²) in [5, 5.41) is 72.9. The number of aromatic amines is 1. The van der Waals surface area contributed by atoms with Crippen LogP contribution >= 0.6 is 0 Å². The molecule has 0 fully saturated rings. The molecule has 0 aliphatic carbocycles. The number of benzene rings is 4. The summed E-state index contributed by atoms with van der Waals surface area (Å²) in [5.74, 6) is -7.96. The van der Waals surface area contributed by atoms with Gasteiger partial charge in [0.2, 0.25) is 5.91 Å². The number of carboxylic acids is 1. The first kappa shape index (κ1) is 45.7. The van der Waals surface area contributed by atoms with E-state index in [-0.39, 0.29) is 73.8 Å². The Bertz CT molecular complexity index is 3140. The largest absolute Gasteiger partial charge is 0.507 e. The monoisotopic (exact) mass is 915 g/mol. The quantitative estimate of drug-likeness (QED) is 0.0703. The third-order valence-electron chi connectivity index (χ3n) is 9.93. The number of aromatic nitrogens is 4. The zero-order valence-corrected chi connectivity index (χ0v) is 34.2. The van der Waals surface area contributed by atoms with Gasteiger partial charge in [-0.1, -0.05) is 0 Å². The fourth-order valence-electron chi connectivity index (χ4n) is 6.51. The summed E-state index contributed by atoms with van der Waals surface area (Å²) < 4.78 is 19.0.